The second kappa shape index (κ2) is 5.82. The first-order valence-electron chi connectivity index (χ1n) is 5.37. The van der Waals surface area contributed by atoms with E-state index in [9.17, 15) is 13.2 Å². The molecule has 0 bridgehead atoms. The summed E-state index contributed by atoms with van der Waals surface area (Å²) >= 11 is 0. The first kappa shape index (κ1) is 13.7. The van der Waals surface area contributed by atoms with Crippen LogP contribution < -0.4 is 0 Å². The molecule has 0 unspecified atom stereocenters. The summed E-state index contributed by atoms with van der Waals surface area (Å²) in [5.74, 6) is -0.499. The Balaban J connectivity index is 3.03. The highest BCUT2D eigenvalue weighted by Crippen LogP contribution is 2.14. The van der Waals surface area contributed by atoms with E-state index >= 15 is 0 Å². The SMILES string of the molecule is CCCS(=O)(=O)Cc1ccccc1C(=O)OC. The number of esters is 1. The van der Waals surface area contributed by atoms with Gasteiger partial charge in [-0.15, -0.1) is 0 Å². The van der Waals surface area contributed by atoms with Crippen LogP contribution in [0, 0.1) is 0 Å². The molecule has 0 spiro atoms. The Bertz CT molecular complexity index is 491. The molecule has 0 saturated carbocycles. The smallest absolute Gasteiger partial charge is 0.338 e. The molecule has 0 atom stereocenters. The van der Waals surface area contributed by atoms with Gasteiger partial charge in [-0.25, -0.2) is 13.2 Å². The van der Waals surface area contributed by atoms with Crippen molar-refractivity contribution in [2.45, 2.75) is 19.1 Å². The fourth-order valence-electron chi connectivity index (χ4n) is 1.58. The van der Waals surface area contributed by atoms with Gasteiger partial charge in [-0.05, 0) is 18.1 Å². The summed E-state index contributed by atoms with van der Waals surface area (Å²) in [6.07, 6.45) is 0.572. The molecule has 0 aromatic heterocycles. The maximum absolute atomic E-state index is 11.7. The number of hydrogen-bond acceptors (Lipinski definition) is 4. The van der Waals surface area contributed by atoms with Crippen molar-refractivity contribution in [2.75, 3.05) is 12.9 Å². The van der Waals surface area contributed by atoms with Crippen LogP contribution in [0.1, 0.15) is 29.3 Å². The van der Waals surface area contributed by atoms with E-state index in [1.165, 1.54) is 7.11 Å². The number of methoxy groups -OCH3 is 1. The number of benzene rings is 1. The number of carbonyl (C=O) groups excluding carboxylic acids is 1. The van der Waals surface area contributed by atoms with Gasteiger partial charge in [-0.2, -0.15) is 0 Å². The second-order valence-electron chi connectivity index (χ2n) is 3.74. The minimum absolute atomic E-state index is 0.119. The quantitative estimate of drug-likeness (QED) is 0.754. The van der Waals surface area contributed by atoms with Crippen LogP contribution in [0.3, 0.4) is 0 Å². The Morgan fingerprint density at radius 1 is 1.29 bits per heavy atom. The van der Waals surface area contributed by atoms with E-state index in [1.54, 1.807) is 24.3 Å². The van der Waals surface area contributed by atoms with Gasteiger partial charge in [0.1, 0.15) is 0 Å². The zero-order chi connectivity index (χ0) is 12.9. The highest BCUT2D eigenvalue weighted by molar-refractivity contribution is 7.90. The monoisotopic (exact) mass is 256 g/mol. The van der Waals surface area contributed by atoms with Gasteiger partial charge in [0, 0.05) is 0 Å². The molecule has 0 N–H and O–H groups in total. The lowest BCUT2D eigenvalue weighted by molar-refractivity contribution is 0.0600. The summed E-state index contributed by atoms with van der Waals surface area (Å²) in [5, 5.41) is 0. The van der Waals surface area contributed by atoms with Crippen LogP contribution in [-0.4, -0.2) is 27.2 Å². The molecule has 17 heavy (non-hydrogen) atoms. The average Bonchev–Trinajstić information content (AvgIpc) is 2.28. The summed E-state index contributed by atoms with van der Waals surface area (Å²) in [4.78, 5) is 11.5. The predicted molar refractivity (Wildman–Crippen MR) is 65.6 cm³/mol. The largest absolute Gasteiger partial charge is 0.465 e. The van der Waals surface area contributed by atoms with Gasteiger partial charge in [0.15, 0.2) is 9.84 Å². The third kappa shape index (κ3) is 3.85. The van der Waals surface area contributed by atoms with E-state index in [1.807, 2.05) is 6.92 Å². The highest BCUT2D eigenvalue weighted by atomic mass is 32.2. The third-order valence-electron chi connectivity index (χ3n) is 2.31. The molecular weight excluding hydrogens is 240 g/mol. The van der Waals surface area contributed by atoms with Gasteiger partial charge in [0.2, 0.25) is 0 Å². The van der Waals surface area contributed by atoms with Crippen LogP contribution >= 0.6 is 0 Å². The normalized spacial score (nSPS) is 11.2. The van der Waals surface area contributed by atoms with E-state index in [0.717, 1.165) is 0 Å². The first-order chi connectivity index (χ1) is 8.00. The molecule has 5 heteroatoms. The van der Waals surface area contributed by atoms with E-state index in [0.29, 0.717) is 17.5 Å². The molecule has 0 aliphatic heterocycles. The molecule has 4 nitrogen and oxygen atoms in total. The van der Waals surface area contributed by atoms with Crippen molar-refractivity contribution in [3.05, 3.63) is 35.4 Å². The Morgan fingerprint density at radius 3 is 2.53 bits per heavy atom. The number of sulfone groups is 1. The number of ether oxygens (including phenoxy) is 1. The van der Waals surface area contributed by atoms with Crippen LogP contribution in [-0.2, 0) is 20.3 Å². The summed E-state index contributed by atoms with van der Waals surface area (Å²) < 4.78 is 28.0. The van der Waals surface area contributed by atoms with Gasteiger partial charge >= 0.3 is 5.97 Å². The van der Waals surface area contributed by atoms with E-state index in [4.69, 9.17) is 0 Å². The first-order valence-corrected chi connectivity index (χ1v) is 7.19. The zero-order valence-electron chi connectivity index (χ0n) is 9.97. The lowest BCUT2D eigenvalue weighted by Gasteiger charge is -2.07. The lowest BCUT2D eigenvalue weighted by Crippen LogP contribution is -2.12. The van der Waals surface area contributed by atoms with Crippen LogP contribution in [0.2, 0.25) is 0 Å². The molecule has 0 radical (unpaired) electrons. The number of carbonyl (C=O) groups is 1. The maximum Gasteiger partial charge on any atom is 0.338 e. The molecule has 94 valence electrons. The van der Waals surface area contributed by atoms with E-state index in [-0.39, 0.29) is 11.5 Å². The molecule has 1 aromatic carbocycles. The fraction of sp³-hybridized carbons (Fsp3) is 0.417. The molecule has 0 heterocycles. The molecule has 0 amide bonds. The van der Waals surface area contributed by atoms with Crippen molar-refractivity contribution in [1.29, 1.82) is 0 Å². The van der Waals surface area contributed by atoms with Crippen LogP contribution in [0.15, 0.2) is 24.3 Å². The lowest BCUT2D eigenvalue weighted by atomic mass is 10.1. The molecule has 1 aromatic rings. The van der Waals surface area contributed by atoms with Crippen molar-refractivity contribution < 1.29 is 17.9 Å². The van der Waals surface area contributed by atoms with Crippen LogP contribution in [0.5, 0.6) is 0 Å². The van der Waals surface area contributed by atoms with Gasteiger partial charge in [0.25, 0.3) is 0 Å². The molecule has 0 aliphatic rings. The topological polar surface area (TPSA) is 60.4 Å². The summed E-state index contributed by atoms with van der Waals surface area (Å²) in [7, 11) is -1.88. The van der Waals surface area contributed by atoms with E-state index in [2.05, 4.69) is 4.74 Å². The summed E-state index contributed by atoms with van der Waals surface area (Å²) in [6.45, 7) is 1.81. The summed E-state index contributed by atoms with van der Waals surface area (Å²) in [6, 6.07) is 6.60. The molecule has 0 aliphatic carbocycles. The zero-order valence-corrected chi connectivity index (χ0v) is 10.8. The number of rotatable bonds is 5. The summed E-state index contributed by atoms with van der Waals surface area (Å²) in [5.41, 5.74) is 0.808. The maximum atomic E-state index is 11.7. The molecular formula is C12H16O4S. The van der Waals surface area contributed by atoms with Crippen molar-refractivity contribution in [2.24, 2.45) is 0 Å². The van der Waals surface area contributed by atoms with Gasteiger partial charge in [0.05, 0.1) is 24.2 Å². The Labute approximate surface area is 102 Å². The molecule has 1 rings (SSSR count). The van der Waals surface area contributed by atoms with Gasteiger partial charge in [-0.1, -0.05) is 25.1 Å². The van der Waals surface area contributed by atoms with E-state index < -0.39 is 15.8 Å². The molecule has 0 fully saturated rings. The van der Waals surface area contributed by atoms with Gasteiger partial charge < -0.3 is 4.74 Å². The van der Waals surface area contributed by atoms with Crippen molar-refractivity contribution in [3.63, 3.8) is 0 Å². The molecule has 0 saturated heterocycles. The van der Waals surface area contributed by atoms with Gasteiger partial charge in [-0.3, -0.25) is 0 Å². The minimum atomic E-state index is -3.16. The highest BCUT2D eigenvalue weighted by Gasteiger charge is 2.17. The standard InChI is InChI=1S/C12H16O4S/c1-3-8-17(14,15)9-10-6-4-5-7-11(10)12(13)16-2/h4-7H,3,8-9H2,1-2H3. The third-order valence-corrected chi connectivity index (χ3v) is 4.09. The predicted octanol–water partition coefficient (Wildman–Crippen LogP) is 1.80. The average molecular weight is 256 g/mol. The van der Waals surface area contributed by atoms with Crippen LogP contribution in [0.25, 0.3) is 0 Å². The fourth-order valence-corrected chi connectivity index (χ4v) is 3.07. The number of hydrogen-bond donors (Lipinski definition) is 0. The van der Waals surface area contributed by atoms with Crippen molar-refractivity contribution in [1.82, 2.24) is 0 Å². The van der Waals surface area contributed by atoms with Crippen molar-refractivity contribution >= 4 is 15.8 Å². The second-order valence-corrected chi connectivity index (χ2v) is 5.92. The van der Waals surface area contributed by atoms with Crippen LogP contribution in [0.4, 0.5) is 0 Å². The van der Waals surface area contributed by atoms with Crippen molar-refractivity contribution in [3.8, 4) is 0 Å². The Morgan fingerprint density at radius 2 is 1.94 bits per heavy atom. The Kier molecular flexibility index (Phi) is 4.69. The minimum Gasteiger partial charge on any atom is -0.465 e. The Hall–Kier alpha value is -1.36.